The molecule has 1 aliphatic carbocycles. The van der Waals surface area contributed by atoms with Gasteiger partial charge in [0, 0.05) is 11.3 Å². The van der Waals surface area contributed by atoms with E-state index in [2.05, 4.69) is 11.6 Å². The van der Waals surface area contributed by atoms with Crippen molar-refractivity contribution in [2.45, 2.75) is 35.8 Å². The van der Waals surface area contributed by atoms with Crippen molar-refractivity contribution in [2.75, 3.05) is 23.9 Å². The summed E-state index contributed by atoms with van der Waals surface area (Å²) in [5.41, 5.74) is 0.747. The van der Waals surface area contributed by atoms with Gasteiger partial charge in [0.05, 0.1) is 16.3 Å². The van der Waals surface area contributed by atoms with Crippen molar-refractivity contribution >= 4 is 27.3 Å². The minimum Gasteiger partial charge on any atom is -0.383 e. The Balaban J connectivity index is 2.17. The highest BCUT2D eigenvalue weighted by molar-refractivity contribution is 8.00. The van der Waals surface area contributed by atoms with Gasteiger partial charge in [-0.1, -0.05) is 19.1 Å². The van der Waals surface area contributed by atoms with Crippen molar-refractivity contribution in [2.24, 2.45) is 0 Å². The minimum atomic E-state index is -3.16. The van der Waals surface area contributed by atoms with E-state index in [1.807, 2.05) is 30.8 Å². The molecule has 1 aliphatic rings. The van der Waals surface area contributed by atoms with E-state index >= 15 is 0 Å². The molecule has 0 saturated heterocycles. The smallest absolute Gasteiger partial charge is 0.180 e. The van der Waals surface area contributed by atoms with Gasteiger partial charge < -0.3 is 5.32 Å². The Bertz CT molecular complexity index is 536. The Morgan fingerprint density at radius 1 is 1.32 bits per heavy atom. The quantitative estimate of drug-likeness (QED) is 0.840. The molecule has 1 aromatic carbocycles. The van der Waals surface area contributed by atoms with Crippen molar-refractivity contribution in [3.05, 3.63) is 24.3 Å². The lowest BCUT2D eigenvalue weighted by Crippen LogP contribution is -2.19. The first-order valence-corrected chi connectivity index (χ1v) is 9.51. The van der Waals surface area contributed by atoms with Crippen LogP contribution in [-0.4, -0.2) is 31.7 Å². The summed E-state index contributed by atoms with van der Waals surface area (Å²) < 4.78 is 24.8. The summed E-state index contributed by atoms with van der Waals surface area (Å²) in [5.74, 6) is 0.208. The van der Waals surface area contributed by atoms with E-state index in [9.17, 15) is 8.42 Å². The highest BCUT2D eigenvalue weighted by Crippen LogP contribution is 2.47. The normalized spacial score (nSPS) is 17.2. The van der Waals surface area contributed by atoms with Crippen LogP contribution in [0.1, 0.15) is 26.2 Å². The molecule has 1 fully saturated rings. The fourth-order valence-electron chi connectivity index (χ4n) is 2.11. The molecule has 106 valence electrons. The monoisotopic (exact) mass is 299 g/mol. The van der Waals surface area contributed by atoms with Gasteiger partial charge in [-0.15, -0.1) is 0 Å². The maximum absolute atomic E-state index is 12.2. The van der Waals surface area contributed by atoms with Gasteiger partial charge in [0.25, 0.3) is 0 Å². The third-order valence-electron chi connectivity index (χ3n) is 3.54. The summed E-state index contributed by atoms with van der Waals surface area (Å²) in [6, 6.07) is 7.23. The van der Waals surface area contributed by atoms with Crippen LogP contribution in [0.4, 0.5) is 5.69 Å². The molecule has 19 heavy (non-hydrogen) atoms. The second-order valence-electron chi connectivity index (χ2n) is 5.06. The molecule has 0 bridgehead atoms. The van der Waals surface area contributed by atoms with Crippen LogP contribution in [0.2, 0.25) is 0 Å². The van der Waals surface area contributed by atoms with Crippen LogP contribution in [0, 0.1) is 0 Å². The molecule has 5 heteroatoms. The zero-order valence-corrected chi connectivity index (χ0v) is 13.1. The molecule has 0 aromatic heterocycles. The molecular weight excluding hydrogens is 278 g/mol. The third-order valence-corrected chi connectivity index (χ3v) is 6.93. The van der Waals surface area contributed by atoms with E-state index in [4.69, 9.17) is 0 Å². The van der Waals surface area contributed by atoms with Crippen LogP contribution in [0.5, 0.6) is 0 Å². The standard InChI is InChI=1S/C14H21NO2S2/c1-3-10-19(16,17)13-7-5-4-6-12(13)15-11-14(18-2)8-9-14/h4-7,15H,3,8-11H2,1-2H3. The van der Waals surface area contributed by atoms with Crippen LogP contribution in [0.3, 0.4) is 0 Å². The predicted octanol–water partition coefficient (Wildman–Crippen LogP) is 3.18. The van der Waals surface area contributed by atoms with Gasteiger partial charge in [-0.3, -0.25) is 0 Å². The van der Waals surface area contributed by atoms with Gasteiger partial charge in [0.1, 0.15) is 0 Å². The van der Waals surface area contributed by atoms with E-state index in [0.29, 0.717) is 16.1 Å². The van der Waals surface area contributed by atoms with Gasteiger partial charge in [0.15, 0.2) is 9.84 Å². The SMILES string of the molecule is CCCS(=O)(=O)c1ccccc1NCC1(SC)CC1. The highest BCUT2D eigenvalue weighted by atomic mass is 32.2. The predicted molar refractivity (Wildman–Crippen MR) is 82.8 cm³/mol. The summed E-state index contributed by atoms with van der Waals surface area (Å²) in [6.45, 7) is 2.73. The number of benzene rings is 1. The molecule has 0 unspecified atom stereocenters. The fourth-order valence-corrected chi connectivity index (χ4v) is 4.36. The lowest BCUT2D eigenvalue weighted by Gasteiger charge is -2.16. The second kappa shape index (κ2) is 5.75. The molecule has 3 nitrogen and oxygen atoms in total. The first-order valence-electron chi connectivity index (χ1n) is 6.64. The molecule has 0 atom stereocenters. The number of thioether (sulfide) groups is 1. The first-order chi connectivity index (χ1) is 9.03. The maximum Gasteiger partial charge on any atom is 0.180 e. The number of hydrogen-bond acceptors (Lipinski definition) is 4. The Hall–Kier alpha value is -0.680. The number of sulfone groups is 1. The van der Waals surface area contributed by atoms with Crippen molar-refractivity contribution in [3.8, 4) is 0 Å². The van der Waals surface area contributed by atoms with Gasteiger partial charge in [-0.25, -0.2) is 8.42 Å². The van der Waals surface area contributed by atoms with E-state index in [1.54, 1.807) is 12.1 Å². The first kappa shape index (κ1) is 14.7. The average molecular weight is 299 g/mol. The fraction of sp³-hybridized carbons (Fsp3) is 0.571. The second-order valence-corrected chi connectivity index (χ2v) is 8.41. The van der Waals surface area contributed by atoms with E-state index < -0.39 is 9.84 Å². The maximum atomic E-state index is 12.2. The van der Waals surface area contributed by atoms with Crippen LogP contribution in [-0.2, 0) is 9.84 Å². The van der Waals surface area contributed by atoms with Crippen LogP contribution in [0.25, 0.3) is 0 Å². The van der Waals surface area contributed by atoms with E-state index in [0.717, 1.165) is 12.2 Å². The molecule has 1 aromatic rings. The molecule has 0 heterocycles. The summed E-state index contributed by atoms with van der Waals surface area (Å²) in [4.78, 5) is 0.439. The molecule has 0 aliphatic heterocycles. The molecule has 1 saturated carbocycles. The van der Waals surface area contributed by atoms with Gasteiger partial charge in [0.2, 0.25) is 0 Å². The average Bonchev–Trinajstić information content (AvgIpc) is 3.17. The number of para-hydroxylation sites is 1. The summed E-state index contributed by atoms with van der Waals surface area (Å²) in [5, 5.41) is 3.33. The molecule has 2 rings (SSSR count). The summed E-state index contributed by atoms with van der Waals surface area (Å²) in [7, 11) is -3.16. The molecular formula is C14H21NO2S2. The molecule has 0 spiro atoms. The Kier molecular flexibility index (Phi) is 4.46. The van der Waals surface area contributed by atoms with E-state index in [1.165, 1.54) is 12.8 Å². The van der Waals surface area contributed by atoms with Gasteiger partial charge >= 0.3 is 0 Å². The van der Waals surface area contributed by atoms with Crippen LogP contribution < -0.4 is 5.32 Å². The Labute approximate surface area is 120 Å². The van der Waals surface area contributed by atoms with Crippen LogP contribution >= 0.6 is 11.8 Å². The lowest BCUT2D eigenvalue weighted by atomic mass is 10.3. The zero-order valence-electron chi connectivity index (χ0n) is 11.5. The van der Waals surface area contributed by atoms with E-state index in [-0.39, 0.29) is 5.75 Å². The summed E-state index contributed by atoms with van der Waals surface area (Å²) >= 11 is 1.87. The summed E-state index contributed by atoms with van der Waals surface area (Å²) in [6.07, 6.45) is 5.19. The van der Waals surface area contributed by atoms with Crippen molar-refractivity contribution in [1.82, 2.24) is 0 Å². The minimum absolute atomic E-state index is 0.208. The number of nitrogens with one attached hydrogen (secondary N) is 1. The highest BCUT2D eigenvalue weighted by Gasteiger charge is 2.41. The topological polar surface area (TPSA) is 46.2 Å². The number of rotatable bonds is 7. The molecule has 0 amide bonds. The molecule has 1 N–H and O–H groups in total. The van der Waals surface area contributed by atoms with Crippen molar-refractivity contribution in [1.29, 1.82) is 0 Å². The third kappa shape index (κ3) is 3.45. The number of hydrogen-bond donors (Lipinski definition) is 1. The largest absolute Gasteiger partial charge is 0.383 e. The molecule has 0 radical (unpaired) electrons. The van der Waals surface area contributed by atoms with Gasteiger partial charge in [-0.05, 0) is 37.7 Å². The van der Waals surface area contributed by atoms with Gasteiger partial charge in [-0.2, -0.15) is 11.8 Å². The lowest BCUT2D eigenvalue weighted by molar-refractivity contribution is 0.595. The Morgan fingerprint density at radius 3 is 2.58 bits per heavy atom. The van der Waals surface area contributed by atoms with Crippen LogP contribution in [0.15, 0.2) is 29.2 Å². The van der Waals surface area contributed by atoms with Crippen molar-refractivity contribution < 1.29 is 8.42 Å². The zero-order chi connectivity index (χ0) is 13.9. The number of anilines is 1. The Morgan fingerprint density at radius 2 is 2.00 bits per heavy atom. The van der Waals surface area contributed by atoms with Crippen molar-refractivity contribution in [3.63, 3.8) is 0 Å².